The van der Waals surface area contributed by atoms with Crippen LogP contribution in [0.3, 0.4) is 0 Å². The van der Waals surface area contributed by atoms with E-state index in [9.17, 15) is 13.2 Å². The Morgan fingerprint density at radius 1 is 1.14 bits per heavy atom. The molecule has 1 atom stereocenters. The van der Waals surface area contributed by atoms with Crippen LogP contribution in [0.4, 0.5) is 0 Å². The Labute approximate surface area is 163 Å². The van der Waals surface area contributed by atoms with Gasteiger partial charge in [-0.15, -0.1) is 0 Å². The number of aromatic nitrogens is 3. The van der Waals surface area contributed by atoms with Gasteiger partial charge in [0.2, 0.25) is 21.7 Å². The molecule has 0 amide bonds. The third-order valence-corrected chi connectivity index (χ3v) is 5.58. The first kappa shape index (κ1) is 19.8. The van der Waals surface area contributed by atoms with Crippen LogP contribution in [0.1, 0.15) is 43.1 Å². The molecule has 0 aliphatic heterocycles. The lowest BCUT2D eigenvalue weighted by Gasteiger charge is -2.18. The predicted molar refractivity (Wildman–Crippen MR) is 102 cm³/mol. The Hall–Kier alpha value is -2.91. The van der Waals surface area contributed by atoms with Gasteiger partial charge in [-0.2, -0.15) is 9.71 Å². The van der Waals surface area contributed by atoms with Crippen LogP contribution >= 0.6 is 0 Å². The van der Waals surface area contributed by atoms with E-state index in [1.54, 1.807) is 30.6 Å². The van der Waals surface area contributed by atoms with Crippen molar-refractivity contribution >= 4 is 15.8 Å². The van der Waals surface area contributed by atoms with Crippen LogP contribution < -0.4 is 4.72 Å². The van der Waals surface area contributed by atoms with Crippen LogP contribution in [0.5, 0.6) is 0 Å². The third-order valence-electron chi connectivity index (χ3n) is 4.15. The highest BCUT2D eigenvalue weighted by Gasteiger charge is 2.29. The van der Waals surface area contributed by atoms with Crippen LogP contribution in [0, 0.1) is 5.92 Å². The minimum atomic E-state index is -3.90. The van der Waals surface area contributed by atoms with Crippen molar-refractivity contribution in [3.63, 3.8) is 0 Å². The van der Waals surface area contributed by atoms with Gasteiger partial charge in [0, 0.05) is 23.5 Å². The maximum atomic E-state index is 12.9. The molecule has 0 fully saturated rings. The number of hydrogen-bond acceptors (Lipinski definition) is 7. The Kier molecular flexibility index (Phi) is 5.66. The number of Topliss-reactive ketones (excluding diaryl/α,β-unsaturated/α-hetero) is 1. The summed E-state index contributed by atoms with van der Waals surface area (Å²) in [7, 11) is -3.90. The van der Waals surface area contributed by atoms with Crippen LogP contribution in [0.25, 0.3) is 11.4 Å². The normalized spacial score (nSPS) is 12.9. The van der Waals surface area contributed by atoms with Gasteiger partial charge in [0.05, 0.1) is 4.90 Å². The van der Waals surface area contributed by atoms with E-state index < -0.39 is 16.1 Å². The number of nitrogens with one attached hydrogen (secondary N) is 1. The molecule has 28 heavy (non-hydrogen) atoms. The summed E-state index contributed by atoms with van der Waals surface area (Å²) in [6, 6.07) is 8.62. The van der Waals surface area contributed by atoms with Gasteiger partial charge in [-0.1, -0.05) is 31.1 Å². The summed E-state index contributed by atoms with van der Waals surface area (Å²) in [6.07, 6.45) is 3.21. The fourth-order valence-corrected chi connectivity index (χ4v) is 3.95. The van der Waals surface area contributed by atoms with E-state index >= 15 is 0 Å². The van der Waals surface area contributed by atoms with Gasteiger partial charge in [0.15, 0.2) is 5.78 Å². The van der Waals surface area contributed by atoms with Crippen LogP contribution in [0.15, 0.2) is 58.2 Å². The number of benzene rings is 1. The molecule has 2 heterocycles. The van der Waals surface area contributed by atoms with Crippen molar-refractivity contribution in [1.29, 1.82) is 0 Å². The standard InChI is InChI=1S/C19H20N4O4S/c1-12(2)17(19-21-18(22-27-19)14-7-9-20-10-8-14)23-28(25,26)16-6-4-5-15(11-16)13(3)24/h4-12,17,23H,1-3H3. The van der Waals surface area contributed by atoms with Gasteiger partial charge in [-0.25, -0.2) is 8.42 Å². The van der Waals surface area contributed by atoms with Crippen LogP contribution in [-0.4, -0.2) is 29.3 Å². The Balaban J connectivity index is 1.90. The summed E-state index contributed by atoms with van der Waals surface area (Å²) >= 11 is 0. The molecule has 3 rings (SSSR count). The van der Waals surface area contributed by atoms with Crippen LogP contribution in [-0.2, 0) is 10.0 Å². The zero-order chi connectivity index (χ0) is 20.3. The molecule has 0 radical (unpaired) electrons. The number of sulfonamides is 1. The van der Waals surface area contributed by atoms with Crippen molar-refractivity contribution in [1.82, 2.24) is 19.8 Å². The van der Waals surface area contributed by atoms with E-state index in [-0.39, 0.29) is 22.5 Å². The molecule has 2 aromatic heterocycles. The van der Waals surface area contributed by atoms with E-state index in [1.165, 1.54) is 25.1 Å². The van der Waals surface area contributed by atoms with E-state index in [4.69, 9.17) is 4.52 Å². The van der Waals surface area contributed by atoms with Crippen molar-refractivity contribution in [2.75, 3.05) is 0 Å². The average molecular weight is 400 g/mol. The summed E-state index contributed by atoms with van der Waals surface area (Å²) in [6.45, 7) is 5.07. The van der Waals surface area contributed by atoms with Gasteiger partial charge < -0.3 is 4.52 Å². The van der Waals surface area contributed by atoms with Crippen molar-refractivity contribution < 1.29 is 17.7 Å². The highest BCUT2D eigenvalue weighted by atomic mass is 32.2. The van der Waals surface area contributed by atoms with Gasteiger partial charge in [0.25, 0.3) is 0 Å². The molecule has 9 heteroatoms. The summed E-state index contributed by atoms with van der Waals surface area (Å²) in [5.41, 5.74) is 1.03. The monoisotopic (exact) mass is 400 g/mol. The number of carbonyl (C=O) groups is 1. The summed E-state index contributed by atoms with van der Waals surface area (Å²) in [4.78, 5) is 19.8. The second-order valence-corrected chi connectivity index (χ2v) is 8.33. The lowest BCUT2D eigenvalue weighted by atomic mass is 10.1. The molecule has 0 saturated carbocycles. The molecule has 146 valence electrons. The molecule has 8 nitrogen and oxygen atoms in total. The first-order valence-corrected chi connectivity index (χ1v) is 10.1. The molecule has 0 aliphatic rings. The molecular formula is C19H20N4O4S. The van der Waals surface area contributed by atoms with Gasteiger partial charge >= 0.3 is 0 Å². The van der Waals surface area contributed by atoms with Crippen LogP contribution in [0.2, 0.25) is 0 Å². The molecule has 1 aromatic carbocycles. The van der Waals surface area contributed by atoms with E-state index in [0.29, 0.717) is 17.0 Å². The van der Waals surface area contributed by atoms with Gasteiger partial charge in [0.1, 0.15) is 6.04 Å². The number of hydrogen-bond donors (Lipinski definition) is 1. The largest absolute Gasteiger partial charge is 0.337 e. The SMILES string of the molecule is CC(=O)c1cccc(S(=O)(=O)NC(c2nc(-c3ccncc3)no2)C(C)C)c1. The molecule has 0 bridgehead atoms. The van der Waals surface area contributed by atoms with Crippen molar-refractivity contribution in [3.8, 4) is 11.4 Å². The fraction of sp³-hybridized carbons (Fsp3) is 0.263. The lowest BCUT2D eigenvalue weighted by Crippen LogP contribution is -2.32. The molecular weight excluding hydrogens is 380 g/mol. The van der Waals surface area contributed by atoms with Crippen molar-refractivity contribution in [3.05, 3.63) is 60.2 Å². The Bertz CT molecular complexity index is 1080. The van der Waals surface area contributed by atoms with E-state index in [0.717, 1.165) is 0 Å². The molecule has 1 unspecified atom stereocenters. The highest BCUT2D eigenvalue weighted by Crippen LogP contribution is 2.25. The first-order chi connectivity index (χ1) is 13.3. The first-order valence-electron chi connectivity index (χ1n) is 8.65. The zero-order valence-electron chi connectivity index (χ0n) is 15.7. The summed E-state index contributed by atoms with van der Waals surface area (Å²) < 4.78 is 33.6. The lowest BCUT2D eigenvalue weighted by molar-refractivity contribution is 0.101. The Morgan fingerprint density at radius 2 is 1.86 bits per heavy atom. The van der Waals surface area contributed by atoms with Crippen molar-refractivity contribution in [2.24, 2.45) is 5.92 Å². The number of carbonyl (C=O) groups excluding carboxylic acids is 1. The minimum Gasteiger partial charge on any atom is -0.337 e. The predicted octanol–water partition coefficient (Wildman–Crippen LogP) is 3.01. The minimum absolute atomic E-state index is 0.000257. The fourth-order valence-electron chi connectivity index (χ4n) is 2.57. The number of rotatable bonds is 7. The van der Waals surface area contributed by atoms with E-state index in [2.05, 4.69) is 19.8 Å². The molecule has 0 saturated heterocycles. The second kappa shape index (κ2) is 7.99. The number of ketones is 1. The maximum Gasteiger partial charge on any atom is 0.245 e. The Morgan fingerprint density at radius 3 is 2.50 bits per heavy atom. The molecule has 0 spiro atoms. The van der Waals surface area contributed by atoms with Gasteiger partial charge in [-0.05, 0) is 37.1 Å². The highest BCUT2D eigenvalue weighted by molar-refractivity contribution is 7.89. The number of pyridine rings is 1. The average Bonchev–Trinajstić information content (AvgIpc) is 3.16. The maximum absolute atomic E-state index is 12.9. The zero-order valence-corrected chi connectivity index (χ0v) is 16.5. The molecule has 3 aromatic rings. The number of nitrogens with zero attached hydrogens (tertiary/aromatic N) is 3. The van der Waals surface area contributed by atoms with Gasteiger partial charge in [-0.3, -0.25) is 9.78 Å². The molecule has 1 N–H and O–H groups in total. The second-order valence-electron chi connectivity index (χ2n) is 6.62. The summed E-state index contributed by atoms with van der Waals surface area (Å²) in [5.74, 6) is 0.141. The molecule has 0 aliphatic carbocycles. The smallest absolute Gasteiger partial charge is 0.245 e. The third kappa shape index (κ3) is 4.32. The quantitative estimate of drug-likeness (QED) is 0.606. The van der Waals surface area contributed by atoms with E-state index in [1.807, 2.05) is 13.8 Å². The summed E-state index contributed by atoms with van der Waals surface area (Å²) in [5, 5.41) is 3.94. The van der Waals surface area contributed by atoms with Crippen molar-refractivity contribution in [2.45, 2.75) is 31.7 Å². The topological polar surface area (TPSA) is 115 Å².